The molecule has 0 spiro atoms. The molecule has 0 aromatic carbocycles. The molecule has 1 amide bonds. The monoisotopic (exact) mass is 221 g/mol. The Morgan fingerprint density at radius 3 is 2.88 bits per heavy atom. The summed E-state index contributed by atoms with van der Waals surface area (Å²) in [5, 5.41) is 0. The van der Waals surface area contributed by atoms with Crippen LogP contribution in [0.15, 0.2) is 12.3 Å². The van der Waals surface area contributed by atoms with E-state index in [-0.39, 0.29) is 5.91 Å². The van der Waals surface area contributed by atoms with Crippen LogP contribution in [0.5, 0.6) is 0 Å². The van der Waals surface area contributed by atoms with Crippen molar-refractivity contribution in [3.63, 3.8) is 0 Å². The maximum Gasteiger partial charge on any atom is 0.270 e. The highest BCUT2D eigenvalue weighted by Gasteiger charge is 2.27. The standard InChI is InChI=1S/C12H19N3O/c1-3-9-4-5-15(7-9)12(16)11-6-10(13)8-14(11)2/h6,8-9H,3-5,7,13H2,1-2H3. The molecule has 4 heteroatoms. The lowest BCUT2D eigenvalue weighted by Crippen LogP contribution is -2.30. The molecule has 0 bridgehead atoms. The third kappa shape index (κ3) is 1.92. The number of aryl methyl sites for hydroxylation is 1. The van der Waals surface area contributed by atoms with Gasteiger partial charge in [0, 0.05) is 26.3 Å². The molecule has 88 valence electrons. The quantitative estimate of drug-likeness (QED) is 0.822. The van der Waals surface area contributed by atoms with E-state index in [4.69, 9.17) is 5.73 Å². The number of carbonyl (C=O) groups excluding carboxylic acids is 1. The van der Waals surface area contributed by atoms with E-state index in [1.165, 1.54) is 0 Å². The number of nitrogens with zero attached hydrogens (tertiary/aromatic N) is 2. The second-order valence-corrected chi connectivity index (χ2v) is 4.58. The predicted octanol–water partition coefficient (Wildman–Crippen LogP) is 1.48. The highest BCUT2D eigenvalue weighted by atomic mass is 16.2. The van der Waals surface area contributed by atoms with Crippen molar-refractivity contribution in [2.24, 2.45) is 13.0 Å². The molecule has 16 heavy (non-hydrogen) atoms. The summed E-state index contributed by atoms with van der Waals surface area (Å²) in [6.07, 6.45) is 4.06. The molecule has 1 aromatic rings. The van der Waals surface area contributed by atoms with Gasteiger partial charge in [0.05, 0.1) is 5.69 Å². The van der Waals surface area contributed by atoms with Gasteiger partial charge in [0.2, 0.25) is 0 Å². The van der Waals surface area contributed by atoms with Crippen LogP contribution in [0.2, 0.25) is 0 Å². The lowest BCUT2D eigenvalue weighted by Gasteiger charge is -2.16. The molecule has 2 N–H and O–H groups in total. The number of anilines is 1. The topological polar surface area (TPSA) is 51.3 Å². The summed E-state index contributed by atoms with van der Waals surface area (Å²) in [5.41, 5.74) is 7.02. The summed E-state index contributed by atoms with van der Waals surface area (Å²) in [6, 6.07) is 1.75. The number of likely N-dealkylation sites (tertiary alicyclic amines) is 1. The zero-order chi connectivity index (χ0) is 11.7. The number of aromatic nitrogens is 1. The third-order valence-corrected chi connectivity index (χ3v) is 3.40. The van der Waals surface area contributed by atoms with Gasteiger partial charge in [-0.05, 0) is 18.4 Å². The Kier molecular flexibility index (Phi) is 2.90. The summed E-state index contributed by atoms with van der Waals surface area (Å²) in [7, 11) is 1.86. The minimum absolute atomic E-state index is 0.107. The lowest BCUT2D eigenvalue weighted by molar-refractivity contribution is 0.0777. The van der Waals surface area contributed by atoms with Crippen LogP contribution in [-0.4, -0.2) is 28.5 Å². The maximum absolute atomic E-state index is 12.2. The van der Waals surface area contributed by atoms with E-state index in [1.807, 2.05) is 11.9 Å². The highest BCUT2D eigenvalue weighted by Crippen LogP contribution is 2.21. The minimum Gasteiger partial charge on any atom is -0.397 e. The van der Waals surface area contributed by atoms with Gasteiger partial charge in [0.15, 0.2) is 0 Å². The van der Waals surface area contributed by atoms with Gasteiger partial charge in [-0.3, -0.25) is 4.79 Å². The molecule has 1 unspecified atom stereocenters. The van der Waals surface area contributed by atoms with Crippen LogP contribution in [0.1, 0.15) is 30.3 Å². The van der Waals surface area contributed by atoms with Gasteiger partial charge >= 0.3 is 0 Å². The number of nitrogens with two attached hydrogens (primary N) is 1. The molecule has 1 aromatic heterocycles. The van der Waals surface area contributed by atoms with Gasteiger partial charge in [0.1, 0.15) is 5.69 Å². The normalized spacial score (nSPS) is 20.4. The van der Waals surface area contributed by atoms with Crippen molar-refractivity contribution in [2.75, 3.05) is 18.8 Å². The molecule has 4 nitrogen and oxygen atoms in total. The van der Waals surface area contributed by atoms with Crippen LogP contribution in [0.25, 0.3) is 0 Å². The highest BCUT2D eigenvalue weighted by molar-refractivity contribution is 5.94. The molecule has 1 saturated heterocycles. The van der Waals surface area contributed by atoms with E-state index in [0.717, 1.165) is 25.9 Å². The SMILES string of the molecule is CCC1CCN(C(=O)c2cc(N)cn2C)C1. The fraction of sp³-hybridized carbons (Fsp3) is 0.583. The Morgan fingerprint density at radius 1 is 1.62 bits per heavy atom. The van der Waals surface area contributed by atoms with E-state index in [2.05, 4.69) is 6.92 Å². The van der Waals surface area contributed by atoms with Crippen molar-refractivity contribution >= 4 is 11.6 Å². The zero-order valence-corrected chi connectivity index (χ0v) is 9.94. The molecule has 2 heterocycles. The first-order valence-electron chi connectivity index (χ1n) is 5.83. The van der Waals surface area contributed by atoms with Crippen molar-refractivity contribution in [3.05, 3.63) is 18.0 Å². The molecular formula is C12H19N3O. The van der Waals surface area contributed by atoms with E-state index in [1.54, 1.807) is 16.8 Å². The average molecular weight is 221 g/mol. The van der Waals surface area contributed by atoms with Crippen LogP contribution in [-0.2, 0) is 7.05 Å². The Balaban J connectivity index is 2.11. The van der Waals surface area contributed by atoms with Crippen LogP contribution in [0.4, 0.5) is 5.69 Å². The summed E-state index contributed by atoms with van der Waals surface area (Å²) < 4.78 is 1.80. The second kappa shape index (κ2) is 4.20. The average Bonchev–Trinajstić information content (AvgIpc) is 2.84. The number of amides is 1. The van der Waals surface area contributed by atoms with Crippen LogP contribution in [0, 0.1) is 5.92 Å². The van der Waals surface area contributed by atoms with E-state index in [0.29, 0.717) is 17.3 Å². The van der Waals surface area contributed by atoms with Gasteiger partial charge in [-0.2, -0.15) is 0 Å². The first kappa shape index (κ1) is 11.0. The lowest BCUT2D eigenvalue weighted by atomic mass is 10.1. The molecule has 0 saturated carbocycles. The number of hydrogen-bond donors (Lipinski definition) is 1. The van der Waals surface area contributed by atoms with Crippen LogP contribution >= 0.6 is 0 Å². The Hall–Kier alpha value is -1.45. The molecule has 0 aliphatic carbocycles. The van der Waals surface area contributed by atoms with Gasteiger partial charge in [-0.1, -0.05) is 13.3 Å². The number of nitrogen functional groups attached to an aromatic ring is 1. The van der Waals surface area contributed by atoms with E-state index >= 15 is 0 Å². The van der Waals surface area contributed by atoms with Crippen LogP contribution < -0.4 is 5.73 Å². The van der Waals surface area contributed by atoms with Gasteiger partial charge in [0.25, 0.3) is 5.91 Å². The molecule has 1 aliphatic heterocycles. The summed E-state index contributed by atoms with van der Waals surface area (Å²) >= 11 is 0. The molecule has 1 atom stereocenters. The Labute approximate surface area is 96.0 Å². The Morgan fingerprint density at radius 2 is 2.38 bits per heavy atom. The number of hydrogen-bond acceptors (Lipinski definition) is 2. The van der Waals surface area contributed by atoms with Gasteiger partial charge in [-0.25, -0.2) is 0 Å². The minimum atomic E-state index is 0.107. The van der Waals surface area contributed by atoms with Gasteiger partial charge in [-0.15, -0.1) is 0 Å². The van der Waals surface area contributed by atoms with Crippen molar-refractivity contribution in [1.82, 2.24) is 9.47 Å². The summed E-state index contributed by atoms with van der Waals surface area (Å²) in [5.74, 6) is 0.775. The second-order valence-electron chi connectivity index (χ2n) is 4.58. The van der Waals surface area contributed by atoms with E-state index in [9.17, 15) is 4.79 Å². The predicted molar refractivity (Wildman–Crippen MR) is 64.1 cm³/mol. The zero-order valence-electron chi connectivity index (χ0n) is 9.94. The first-order chi connectivity index (χ1) is 7.61. The van der Waals surface area contributed by atoms with Crippen molar-refractivity contribution in [3.8, 4) is 0 Å². The largest absolute Gasteiger partial charge is 0.397 e. The summed E-state index contributed by atoms with van der Waals surface area (Å²) in [4.78, 5) is 14.1. The summed E-state index contributed by atoms with van der Waals surface area (Å²) in [6.45, 7) is 3.95. The van der Waals surface area contributed by atoms with Crippen LogP contribution in [0.3, 0.4) is 0 Å². The van der Waals surface area contributed by atoms with Crippen molar-refractivity contribution in [2.45, 2.75) is 19.8 Å². The Bertz CT molecular complexity index is 397. The third-order valence-electron chi connectivity index (χ3n) is 3.40. The molecule has 2 rings (SSSR count). The number of carbonyl (C=O) groups is 1. The maximum atomic E-state index is 12.2. The van der Waals surface area contributed by atoms with E-state index < -0.39 is 0 Å². The number of rotatable bonds is 2. The fourth-order valence-electron chi connectivity index (χ4n) is 2.32. The van der Waals surface area contributed by atoms with Crippen molar-refractivity contribution < 1.29 is 4.79 Å². The molecular weight excluding hydrogens is 202 g/mol. The van der Waals surface area contributed by atoms with Crippen molar-refractivity contribution in [1.29, 1.82) is 0 Å². The molecule has 1 aliphatic rings. The smallest absolute Gasteiger partial charge is 0.270 e. The fourth-order valence-corrected chi connectivity index (χ4v) is 2.32. The molecule has 1 fully saturated rings. The van der Waals surface area contributed by atoms with Gasteiger partial charge < -0.3 is 15.2 Å². The molecule has 0 radical (unpaired) electrons. The first-order valence-corrected chi connectivity index (χ1v) is 5.83.